The van der Waals surface area contributed by atoms with Crippen LogP contribution in [0.3, 0.4) is 0 Å². The minimum atomic E-state index is -3.71. The molecule has 5 rings (SSSR count). The van der Waals surface area contributed by atoms with Crippen LogP contribution in [0.5, 0.6) is 0 Å². The Bertz CT molecular complexity index is 1440. The molecule has 3 aromatic carbocycles. The molecule has 174 valence electrons. The van der Waals surface area contributed by atoms with Gasteiger partial charge in [0.2, 0.25) is 15.7 Å². The van der Waals surface area contributed by atoms with E-state index in [9.17, 15) is 13.2 Å². The molecule has 1 aliphatic heterocycles. The molecule has 0 radical (unpaired) electrons. The van der Waals surface area contributed by atoms with E-state index in [2.05, 4.69) is 4.90 Å². The summed E-state index contributed by atoms with van der Waals surface area (Å²) >= 11 is 6.12. The quantitative estimate of drug-likeness (QED) is 0.411. The highest BCUT2D eigenvalue weighted by atomic mass is 35.5. The van der Waals surface area contributed by atoms with Crippen LogP contribution in [0.2, 0.25) is 5.02 Å². The molecule has 0 spiro atoms. The maximum Gasteiger partial charge on any atom is 0.242 e. The van der Waals surface area contributed by atoms with Crippen molar-refractivity contribution in [3.05, 3.63) is 90.1 Å². The van der Waals surface area contributed by atoms with E-state index < -0.39 is 9.84 Å². The van der Waals surface area contributed by atoms with Gasteiger partial charge in [0.05, 0.1) is 9.79 Å². The van der Waals surface area contributed by atoms with Crippen LogP contribution in [0.15, 0.2) is 94.9 Å². The normalized spacial score (nSPS) is 14.5. The van der Waals surface area contributed by atoms with Gasteiger partial charge in [-0.25, -0.2) is 8.42 Å². The summed E-state index contributed by atoms with van der Waals surface area (Å²) in [6.45, 7) is 2.71. The van der Waals surface area contributed by atoms with Crippen molar-refractivity contribution in [2.45, 2.75) is 16.3 Å². The summed E-state index contributed by atoms with van der Waals surface area (Å²) < 4.78 is 28.4. The van der Waals surface area contributed by atoms with Gasteiger partial charge < -0.3 is 14.4 Å². The summed E-state index contributed by atoms with van der Waals surface area (Å²) in [7, 11) is -3.71. The number of carbonyl (C=O) groups excluding carboxylic acids is 1. The number of piperazine rings is 1. The average molecular weight is 494 g/mol. The molecule has 6 nitrogen and oxygen atoms in total. The standard InChI is InChI=1S/C26H24ClN3O3S/c27-20-7-6-8-21(17-20)28-13-15-29(16-14-28)26(31)19-30-18-25(23-11-4-5-12-24(23)30)34(32,33)22-9-2-1-3-10-22/h1-12,17-18H,13-16,19H2. The summed E-state index contributed by atoms with van der Waals surface area (Å²) in [6.07, 6.45) is 1.59. The van der Waals surface area contributed by atoms with Gasteiger partial charge >= 0.3 is 0 Å². The molecular formula is C26H24ClN3O3S. The summed E-state index contributed by atoms with van der Waals surface area (Å²) in [6, 6.07) is 23.4. The predicted octanol–water partition coefficient (Wildman–Crippen LogP) is 4.48. The largest absolute Gasteiger partial charge is 0.368 e. The monoisotopic (exact) mass is 493 g/mol. The van der Waals surface area contributed by atoms with Crippen molar-refractivity contribution < 1.29 is 13.2 Å². The molecule has 0 saturated carbocycles. The van der Waals surface area contributed by atoms with E-state index in [-0.39, 0.29) is 22.2 Å². The number of anilines is 1. The van der Waals surface area contributed by atoms with Crippen molar-refractivity contribution >= 4 is 43.9 Å². The molecule has 1 fully saturated rings. The van der Waals surface area contributed by atoms with Gasteiger partial charge in [-0.05, 0) is 36.4 Å². The Kier molecular flexibility index (Phi) is 6.06. The zero-order chi connectivity index (χ0) is 23.7. The first-order valence-electron chi connectivity index (χ1n) is 11.1. The fourth-order valence-corrected chi connectivity index (χ4v) is 6.10. The molecule has 0 N–H and O–H groups in total. The molecule has 2 heterocycles. The Morgan fingerprint density at radius 3 is 2.29 bits per heavy atom. The second-order valence-corrected chi connectivity index (χ2v) is 10.7. The maximum absolute atomic E-state index is 13.3. The van der Waals surface area contributed by atoms with E-state index in [4.69, 9.17) is 11.6 Å². The first-order valence-corrected chi connectivity index (χ1v) is 13.0. The highest BCUT2D eigenvalue weighted by molar-refractivity contribution is 7.91. The third-order valence-electron chi connectivity index (χ3n) is 6.21. The molecule has 0 aliphatic carbocycles. The van der Waals surface area contributed by atoms with Crippen molar-refractivity contribution in [2.24, 2.45) is 0 Å². The van der Waals surface area contributed by atoms with Gasteiger partial charge in [-0.1, -0.05) is 54.1 Å². The molecule has 4 aromatic rings. The maximum atomic E-state index is 13.3. The number of nitrogens with zero attached hydrogens (tertiary/aromatic N) is 3. The molecule has 0 bridgehead atoms. The van der Waals surface area contributed by atoms with Crippen LogP contribution in [-0.2, 0) is 21.2 Å². The van der Waals surface area contributed by atoms with Crippen LogP contribution in [-0.4, -0.2) is 50.0 Å². The SMILES string of the molecule is O=C(Cn1cc(S(=O)(=O)c2ccccc2)c2ccccc21)N1CCN(c2cccc(Cl)c2)CC1. The number of fused-ring (bicyclic) bond motifs is 1. The number of hydrogen-bond acceptors (Lipinski definition) is 4. The highest BCUT2D eigenvalue weighted by Crippen LogP contribution is 2.30. The van der Waals surface area contributed by atoms with Crippen LogP contribution in [0.4, 0.5) is 5.69 Å². The van der Waals surface area contributed by atoms with Crippen molar-refractivity contribution in [3.8, 4) is 0 Å². The van der Waals surface area contributed by atoms with Crippen LogP contribution < -0.4 is 4.90 Å². The number of hydrogen-bond donors (Lipinski definition) is 0. The first-order chi connectivity index (χ1) is 16.4. The number of carbonyl (C=O) groups is 1. The third-order valence-corrected chi connectivity index (χ3v) is 8.24. The van der Waals surface area contributed by atoms with Crippen molar-refractivity contribution in [2.75, 3.05) is 31.1 Å². The number of para-hydroxylation sites is 1. The Morgan fingerprint density at radius 1 is 0.853 bits per heavy atom. The number of benzene rings is 3. The Labute approximate surface area is 203 Å². The Morgan fingerprint density at radius 2 is 1.56 bits per heavy atom. The number of aromatic nitrogens is 1. The highest BCUT2D eigenvalue weighted by Gasteiger charge is 2.26. The fraction of sp³-hybridized carbons (Fsp3) is 0.192. The second-order valence-electron chi connectivity index (χ2n) is 8.30. The lowest BCUT2D eigenvalue weighted by molar-refractivity contribution is -0.132. The smallest absolute Gasteiger partial charge is 0.242 e. The summed E-state index contributed by atoms with van der Waals surface area (Å²) in [5, 5.41) is 1.31. The van der Waals surface area contributed by atoms with Crippen LogP contribution >= 0.6 is 11.6 Å². The first kappa shape index (κ1) is 22.5. The lowest BCUT2D eigenvalue weighted by atomic mass is 10.2. The molecular weight excluding hydrogens is 470 g/mol. The lowest BCUT2D eigenvalue weighted by Crippen LogP contribution is -2.49. The molecule has 1 aromatic heterocycles. The molecule has 0 unspecified atom stereocenters. The summed E-state index contributed by atoms with van der Waals surface area (Å²) in [4.78, 5) is 17.7. The lowest BCUT2D eigenvalue weighted by Gasteiger charge is -2.36. The van der Waals surface area contributed by atoms with E-state index in [1.807, 2.05) is 47.4 Å². The van der Waals surface area contributed by atoms with Crippen molar-refractivity contribution in [1.29, 1.82) is 0 Å². The van der Waals surface area contributed by atoms with Crippen LogP contribution in [0.25, 0.3) is 10.9 Å². The van der Waals surface area contributed by atoms with Gasteiger partial charge in [-0.2, -0.15) is 0 Å². The van der Waals surface area contributed by atoms with Crippen LogP contribution in [0, 0.1) is 0 Å². The molecule has 1 aliphatic rings. The van der Waals surface area contributed by atoms with E-state index >= 15 is 0 Å². The minimum Gasteiger partial charge on any atom is -0.368 e. The summed E-state index contributed by atoms with van der Waals surface area (Å²) in [5.41, 5.74) is 1.77. The number of halogens is 1. The van der Waals surface area contributed by atoms with Gasteiger partial charge in [0.1, 0.15) is 6.54 Å². The molecule has 1 amide bonds. The zero-order valence-corrected chi connectivity index (χ0v) is 20.0. The van der Waals surface area contributed by atoms with Gasteiger partial charge in [0, 0.05) is 54.0 Å². The average Bonchev–Trinajstić information content (AvgIpc) is 3.24. The number of sulfone groups is 1. The topological polar surface area (TPSA) is 62.6 Å². The van der Waals surface area contributed by atoms with E-state index in [1.54, 1.807) is 47.2 Å². The van der Waals surface area contributed by atoms with E-state index in [0.29, 0.717) is 36.6 Å². The molecule has 1 saturated heterocycles. The molecule has 8 heteroatoms. The molecule has 0 atom stereocenters. The van der Waals surface area contributed by atoms with E-state index in [0.717, 1.165) is 11.2 Å². The number of rotatable bonds is 5. The molecule has 34 heavy (non-hydrogen) atoms. The second kappa shape index (κ2) is 9.16. The Balaban J connectivity index is 1.36. The van der Waals surface area contributed by atoms with Gasteiger partial charge in [0.15, 0.2) is 0 Å². The van der Waals surface area contributed by atoms with E-state index in [1.165, 1.54) is 0 Å². The van der Waals surface area contributed by atoms with Crippen molar-refractivity contribution in [3.63, 3.8) is 0 Å². The fourth-order valence-electron chi connectivity index (χ4n) is 4.42. The Hall–Kier alpha value is -3.29. The number of amides is 1. The predicted molar refractivity (Wildman–Crippen MR) is 134 cm³/mol. The van der Waals surface area contributed by atoms with Crippen LogP contribution in [0.1, 0.15) is 0 Å². The third kappa shape index (κ3) is 4.29. The van der Waals surface area contributed by atoms with Gasteiger partial charge in [0.25, 0.3) is 0 Å². The zero-order valence-electron chi connectivity index (χ0n) is 18.5. The van der Waals surface area contributed by atoms with Gasteiger partial charge in [-0.3, -0.25) is 4.79 Å². The van der Waals surface area contributed by atoms with Crippen molar-refractivity contribution in [1.82, 2.24) is 9.47 Å². The minimum absolute atomic E-state index is 0.0323. The summed E-state index contributed by atoms with van der Waals surface area (Å²) in [5.74, 6) is -0.0323. The van der Waals surface area contributed by atoms with Gasteiger partial charge in [-0.15, -0.1) is 0 Å².